The standard InChI is InChI=1S/C17H14N2O8S2/c18-10-3-1-9(2-4-10)17(21)19-13-5-6-15(29(25,26)27)12-7-11(28(22,23)24)8-14(20)16(12)13/h1-8,20H,18H2,(H,19,21)(H,22,23,24)(H,25,26,27). The molecule has 0 atom stereocenters. The first-order valence-electron chi connectivity index (χ1n) is 7.79. The Hall–Kier alpha value is -3.19. The second-order valence-electron chi connectivity index (χ2n) is 6.00. The van der Waals surface area contributed by atoms with Gasteiger partial charge < -0.3 is 16.2 Å². The Balaban J connectivity index is 2.24. The minimum atomic E-state index is -4.82. The Kier molecular flexibility index (Phi) is 4.96. The van der Waals surface area contributed by atoms with Gasteiger partial charge in [-0.05, 0) is 42.5 Å². The van der Waals surface area contributed by atoms with E-state index in [9.17, 15) is 35.8 Å². The van der Waals surface area contributed by atoms with Crippen LogP contribution in [0.25, 0.3) is 10.8 Å². The van der Waals surface area contributed by atoms with Gasteiger partial charge in [0.15, 0.2) is 0 Å². The summed E-state index contributed by atoms with van der Waals surface area (Å²) in [6.45, 7) is 0. The molecule has 3 aromatic rings. The van der Waals surface area contributed by atoms with Crippen molar-refractivity contribution in [3.63, 3.8) is 0 Å². The van der Waals surface area contributed by atoms with Gasteiger partial charge in [-0.15, -0.1) is 0 Å². The number of fused-ring (bicyclic) bond motifs is 1. The van der Waals surface area contributed by atoms with Gasteiger partial charge in [-0.3, -0.25) is 13.9 Å². The maximum Gasteiger partial charge on any atom is 0.295 e. The third kappa shape index (κ3) is 4.14. The van der Waals surface area contributed by atoms with E-state index in [0.717, 1.165) is 18.2 Å². The average Bonchev–Trinajstić information content (AvgIpc) is 2.60. The van der Waals surface area contributed by atoms with E-state index in [1.54, 1.807) is 0 Å². The molecule has 3 aromatic carbocycles. The number of phenolic OH excluding ortho intramolecular Hbond substituents is 1. The second kappa shape index (κ2) is 7.00. The van der Waals surface area contributed by atoms with Crippen molar-refractivity contribution in [3.05, 3.63) is 54.1 Å². The molecule has 0 saturated carbocycles. The predicted octanol–water partition coefficient (Wildman–Crippen LogP) is 1.87. The van der Waals surface area contributed by atoms with Crippen LogP contribution in [0.4, 0.5) is 11.4 Å². The highest BCUT2D eigenvalue weighted by Crippen LogP contribution is 2.38. The maximum absolute atomic E-state index is 12.5. The Labute approximate surface area is 165 Å². The summed E-state index contributed by atoms with van der Waals surface area (Å²) in [5.74, 6) is -1.36. The summed E-state index contributed by atoms with van der Waals surface area (Å²) in [7, 11) is -9.62. The molecule has 0 bridgehead atoms. The Morgan fingerprint density at radius 2 is 1.52 bits per heavy atom. The summed E-state index contributed by atoms with van der Waals surface area (Å²) in [6, 6.07) is 9.34. The number of rotatable bonds is 4. The van der Waals surface area contributed by atoms with E-state index in [-0.39, 0.29) is 16.6 Å². The average molecular weight is 438 g/mol. The van der Waals surface area contributed by atoms with E-state index in [1.807, 2.05) is 0 Å². The van der Waals surface area contributed by atoms with Crippen LogP contribution in [0.5, 0.6) is 5.75 Å². The Bertz CT molecular complexity index is 1350. The molecule has 0 aliphatic heterocycles. The number of benzene rings is 3. The molecule has 0 unspecified atom stereocenters. The van der Waals surface area contributed by atoms with Crippen LogP contribution in [0.3, 0.4) is 0 Å². The molecule has 1 amide bonds. The van der Waals surface area contributed by atoms with Gasteiger partial charge in [-0.1, -0.05) is 0 Å². The van der Waals surface area contributed by atoms with Crippen LogP contribution in [0.2, 0.25) is 0 Å². The van der Waals surface area contributed by atoms with E-state index >= 15 is 0 Å². The first-order valence-corrected chi connectivity index (χ1v) is 10.7. The molecule has 6 N–H and O–H groups in total. The minimum Gasteiger partial charge on any atom is -0.507 e. The van der Waals surface area contributed by atoms with Gasteiger partial charge in [0.1, 0.15) is 10.6 Å². The first kappa shape index (κ1) is 20.5. The van der Waals surface area contributed by atoms with Crippen LogP contribution >= 0.6 is 0 Å². The number of phenols is 1. The summed E-state index contributed by atoms with van der Waals surface area (Å²) >= 11 is 0. The molecule has 0 spiro atoms. The number of nitrogens with one attached hydrogen (secondary N) is 1. The van der Waals surface area contributed by atoms with E-state index in [2.05, 4.69) is 5.32 Å². The summed E-state index contributed by atoms with van der Waals surface area (Å²) in [5.41, 5.74) is 6.14. The van der Waals surface area contributed by atoms with E-state index in [4.69, 9.17) is 5.73 Å². The number of nitrogen functional groups attached to an aromatic ring is 1. The number of hydrogen-bond acceptors (Lipinski definition) is 7. The van der Waals surface area contributed by atoms with E-state index in [0.29, 0.717) is 11.8 Å². The molecule has 12 heteroatoms. The van der Waals surface area contributed by atoms with Crippen molar-refractivity contribution in [1.29, 1.82) is 0 Å². The fourth-order valence-corrected chi connectivity index (χ4v) is 3.92. The molecule has 10 nitrogen and oxygen atoms in total. The molecule has 29 heavy (non-hydrogen) atoms. The van der Waals surface area contributed by atoms with Gasteiger partial charge in [0, 0.05) is 28.1 Å². The largest absolute Gasteiger partial charge is 0.507 e. The third-order valence-corrected chi connectivity index (χ3v) is 5.77. The van der Waals surface area contributed by atoms with Gasteiger partial charge >= 0.3 is 0 Å². The fraction of sp³-hybridized carbons (Fsp3) is 0. The highest BCUT2D eigenvalue weighted by atomic mass is 32.2. The molecule has 3 rings (SSSR count). The maximum atomic E-state index is 12.5. The number of carbonyl (C=O) groups is 1. The molecule has 0 aliphatic carbocycles. The fourth-order valence-electron chi connectivity index (χ4n) is 2.72. The molecule has 152 valence electrons. The monoisotopic (exact) mass is 438 g/mol. The Morgan fingerprint density at radius 1 is 0.897 bits per heavy atom. The highest BCUT2D eigenvalue weighted by molar-refractivity contribution is 7.86. The molecule has 0 aliphatic rings. The molecular weight excluding hydrogens is 424 g/mol. The molecule has 0 saturated heterocycles. The van der Waals surface area contributed by atoms with Crippen molar-refractivity contribution in [2.24, 2.45) is 0 Å². The number of carbonyl (C=O) groups excluding carboxylic acids is 1. The molecular formula is C17H14N2O8S2. The Morgan fingerprint density at radius 3 is 2.07 bits per heavy atom. The van der Waals surface area contributed by atoms with Crippen LogP contribution < -0.4 is 11.1 Å². The number of anilines is 2. The topological polar surface area (TPSA) is 184 Å². The second-order valence-corrected chi connectivity index (χ2v) is 8.81. The van der Waals surface area contributed by atoms with Gasteiger partial charge in [0.25, 0.3) is 26.1 Å². The molecule has 0 radical (unpaired) electrons. The molecule has 0 fully saturated rings. The third-order valence-electron chi connectivity index (χ3n) is 4.02. The highest BCUT2D eigenvalue weighted by Gasteiger charge is 2.23. The van der Waals surface area contributed by atoms with Crippen LogP contribution in [0.1, 0.15) is 10.4 Å². The normalized spacial score (nSPS) is 12.1. The number of amides is 1. The SMILES string of the molecule is Nc1ccc(C(=O)Nc2ccc(S(=O)(=O)O)c3cc(S(=O)(=O)O)cc(O)c23)cc1. The summed E-state index contributed by atoms with van der Waals surface area (Å²) in [4.78, 5) is 10.9. The lowest BCUT2D eigenvalue weighted by molar-refractivity contribution is 0.102. The summed E-state index contributed by atoms with van der Waals surface area (Å²) in [5, 5.41) is 12.1. The van der Waals surface area contributed by atoms with Crippen LogP contribution in [-0.4, -0.2) is 37.0 Å². The van der Waals surface area contributed by atoms with E-state index < -0.39 is 47.1 Å². The van der Waals surface area contributed by atoms with Crippen molar-refractivity contribution in [2.75, 3.05) is 11.1 Å². The van der Waals surface area contributed by atoms with Gasteiger partial charge in [0.2, 0.25) is 0 Å². The quantitative estimate of drug-likeness (QED) is 0.299. The minimum absolute atomic E-state index is 0.0615. The summed E-state index contributed by atoms with van der Waals surface area (Å²) < 4.78 is 64.8. The van der Waals surface area contributed by atoms with Crippen LogP contribution in [0, 0.1) is 0 Å². The first-order chi connectivity index (χ1) is 13.4. The van der Waals surface area contributed by atoms with Crippen molar-refractivity contribution < 1.29 is 35.8 Å². The number of nitrogens with two attached hydrogens (primary N) is 1. The summed E-state index contributed by atoms with van der Waals surface area (Å²) in [6.07, 6.45) is 0. The zero-order chi connectivity index (χ0) is 21.6. The van der Waals surface area contributed by atoms with Crippen molar-refractivity contribution in [3.8, 4) is 5.75 Å². The zero-order valence-electron chi connectivity index (χ0n) is 14.4. The molecule has 0 aromatic heterocycles. The number of aromatic hydroxyl groups is 1. The van der Waals surface area contributed by atoms with Crippen LogP contribution in [-0.2, 0) is 20.2 Å². The van der Waals surface area contributed by atoms with E-state index in [1.165, 1.54) is 24.3 Å². The van der Waals surface area contributed by atoms with Gasteiger partial charge in [-0.25, -0.2) is 0 Å². The van der Waals surface area contributed by atoms with Gasteiger partial charge in [-0.2, -0.15) is 16.8 Å². The lowest BCUT2D eigenvalue weighted by Gasteiger charge is -2.14. The number of hydrogen-bond donors (Lipinski definition) is 5. The lowest BCUT2D eigenvalue weighted by Crippen LogP contribution is -2.13. The molecule has 0 heterocycles. The van der Waals surface area contributed by atoms with Crippen molar-refractivity contribution in [2.45, 2.75) is 9.79 Å². The smallest absolute Gasteiger partial charge is 0.295 e. The lowest BCUT2D eigenvalue weighted by atomic mass is 10.1. The van der Waals surface area contributed by atoms with Gasteiger partial charge in [0.05, 0.1) is 10.6 Å². The van der Waals surface area contributed by atoms with Crippen LogP contribution in [0.15, 0.2) is 58.3 Å². The van der Waals surface area contributed by atoms with Crippen molar-refractivity contribution >= 4 is 48.3 Å². The predicted molar refractivity (Wildman–Crippen MR) is 104 cm³/mol. The zero-order valence-corrected chi connectivity index (χ0v) is 16.0. The van der Waals surface area contributed by atoms with Crippen molar-refractivity contribution in [1.82, 2.24) is 0 Å².